The van der Waals surface area contributed by atoms with Gasteiger partial charge in [0.25, 0.3) is 0 Å². The first kappa shape index (κ1) is 28.3. The Morgan fingerprint density at radius 2 is 1.73 bits per heavy atom. The predicted octanol–water partition coefficient (Wildman–Crippen LogP) is 7.50. The minimum absolute atomic E-state index is 0.208. The second-order valence-electron chi connectivity index (χ2n) is 9.01. The van der Waals surface area contributed by atoms with Crippen LogP contribution in [0.15, 0.2) is 116 Å². The molecule has 1 atom stereocenters. The first-order chi connectivity index (χ1) is 19.4. The number of carbonyl (C=O) groups is 2. The lowest BCUT2D eigenvalue weighted by atomic mass is 10.0. The van der Waals surface area contributed by atoms with Crippen molar-refractivity contribution in [3.8, 4) is 16.9 Å². The average Bonchev–Trinajstić information content (AvgIpc) is 3.46. The third-order valence-electron chi connectivity index (χ3n) is 6.28. The number of allylic oxidation sites excluding steroid dienone is 5. The van der Waals surface area contributed by atoms with Crippen molar-refractivity contribution < 1.29 is 19.4 Å². The molecule has 0 radical (unpaired) electrons. The van der Waals surface area contributed by atoms with Crippen LogP contribution >= 0.6 is 11.6 Å². The van der Waals surface area contributed by atoms with E-state index in [1.54, 1.807) is 41.2 Å². The third kappa shape index (κ3) is 7.04. The summed E-state index contributed by atoms with van der Waals surface area (Å²) in [6, 6.07) is 22.2. The average molecular weight is 553 g/mol. The van der Waals surface area contributed by atoms with E-state index in [2.05, 4.69) is 11.7 Å². The van der Waals surface area contributed by atoms with Crippen LogP contribution in [0.4, 0.5) is 0 Å². The van der Waals surface area contributed by atoms with Crippen molar-refractivity contribution in [2.24, 2.45) is 0 Å². The maximum absolute atomic E-state index is 13.4. The normalized spacial score (nSPS) is 12.3. The van der Waals surface area contributed by atoms with Gasteiger partial charge in [-0.15, -0.1) is 0 Å². The number of halogens is 1. The molecular formula is C33H29ClN2O4. The first-order valence-electron chi connectivity index (χ1n) is 12.8. The number of hydrogen-bond donors (Lipinski definition) is 1. The Morgan fingerprint density at radius 1 is 1.05 bits per heavy atom. The summed E-state index contributed by atoms with van der Waals surface area (Å²) in [5, 5.41) is 14.8. The maximum atomic E-state index is 13.4. The summed E-state index contributed by atoms with van der Waals surface area (Å²) in [6.45, 7) is 5.70. The molecule has 6 nitrogen and oxygen atoms in total. The van der Waals surface area contributed by atoms with Gasteiger partial charge in [-0.1, -0.05) is 78.9 Å². The van der Waals surface area contributed by atoms with Gasteiger partial charge in [0.05, 0.1) is 23.0 Å². The molecule has 4 rings (SSSR count). The van der Waals surface area contributed by atoms with E-state index in [-0.39, 0.29) is 23.5 Å². The smallest absolute Gasteiger partial charge is 0.344 e. The van der Waals surface area contributed by atoms with Crippen LogP contribution in [0.3, 0.4) is 0 Å². The summed E-state index contributed by atoms with van der Waals surface area (Å²) in [7, 11) is 0. The van der Waals surface area contributed by atoms with Gasteiger partial charge in [-0.05, 0) is 72.9 Å². The standard InChI is InChI=1S/C33H29ClN2O4/c1-3-5-8-28(4-2)36-22-26(21-35-36)32(37)29-9-6-7-10-30(29)40-31(33(38)39)20-13-23-11-14-24(15-12-23)25-16-18-27(34)19-17-25/h3-12,14-19,21-22,31H,2,13,20H2,1H3,(H,38,39)/b5-3-,28-8+. The Morgan fingerprint density at radius 3 is 2.38 bits per heavy atom. The zero-order chi connectivity index (χ0) is 28.5. The number of hydrogen-bond acceptors (Lipinski definition) is 4. The molecule has 0 aliphatic heterocycles. The van der Waals surface area contributed by atoms with Crippen LogP contribution in [0.1, 0.15) is 34.8 Å². The van der Waals surface area contributed by atoms with Crippen molar-refractivity contribution >= 4 is 29.1 Å². The molecule has 1 aromatic heterocycles. The Hall–Kier alpha value is -4.68. The number of rotatable bonds is 12. The topological polar surface area (TPSA) is 81.4 Å². The van der Waals surface area contributed by atoms with Gasteiger partial charge in [-0.3, -0.25) is 4.79 Å². The van der Waals surface area contributed by atoms with E-state index >= 15 is 0 Å². The molecule has 0 saturated carbocycles. The molecule has 1 heterocycles. The lowest BCUT2D eigenvalue weighted by Gasteiger charge is -2.17. The molecule has 202 valence electrons. The van der Waals surface area contributed by atoms with Crippen molar-refractivity contribution in [1.82, 2.24) is 9.78 Å². The van der Waals surface area contributed by atoms with Gasteiger partial charge in [0.15, 0.2) is 11.9 Å². The number of aryl methyl sites for hydroxylation is 1. The van der Waals surface area contributed by atoms with Gasteiger partial charge in [0.1, 0.15) is 5.75 Å². The number of nitrogens with zero attached hydrogens (tertiary/aromatic N) is 2. The van der Waals surface area contributed by atoms with E-state index in [0.29, 0.717) is 22.7 Å². The molecule has 0 saturated heterocycles. The molecule has 0 amide bonds. The minimum Gasteiger partial charge on any atom is -0.479 e. The summed E-state index contributed by atoms with van der Waals surface area (Å²) in [4.78, 5) is 25.4. The fraction of sp³-hybridized carbons (Fsp3) is 0.121. The lowest BCUT2D eigenvalue weighted by Crippen LogP contribution is -2.28. The molecule has 7 heteroatoms. The Kier molecular flexibility index (Phi) is 9.49. The summed E-state index contributed by atoms with van der Waals surface area (Å²) in [5.74, 6) is -1.21. The van der Waals surface area contributed by atoms with Gasteiger partial charge < -0.3 is 9.84 Å². The summed E-state index contributed by atoms with van der Waals surface area (Å²) < 4.78 is 7.46. The summed E-state index contributed by atoms with van der Waals surface area (Å²) >= 11 is 5.98. The quantitative estimate of drug-likeness (QED) is 0.145. The molecule has 0 bridgehead atoms. The molecule has 1 N–H and O–H groups in total. The highest BCUT2D eigenvalue weighted by Gasteiger charge is 2.23. The minimum atomic E-state index is -1.14. The fourth-order valence-corrected chi connectivity index (χ4v) is 4.24. The number of benzene rings is 3. The van der Waals surface area contributed by atoms with Crippen molar-refractivity contribution in [3.05, 3.63) is 138 Å². The highest BCUT2D eigenvalue weighted by molar-refractivity contribution is 6.30. The number of carbonyl (C=O) groups excluding carboxylic acids is 1. The molecule has 0 aliphatic carbocycles. The van der Waals surface area contributed by atoms with Crippen molar-refractivity contribution in [1.29, 1.82) is 0 Å². The number of carboxylic acids is 1. The van der Waals surface area contributed by atoms with Crippen molar-refractivity contribution in [2.45, 2.75) is 25.9 Å². The third-order valence-corrected chi connectivity index (χ3v) is 6.53. The number of ether oxygens (including phenoxy) is 1. The number of para-hydroxylation sites is 1. The van der Waals surface area contributed by atoms with Gasteiger partial charge >= 0.3 is 5.97 Å². The maximum Gasteiger partial charge on any atom is 0.344 e. The molecule has 4 aromatic rings. The molecule has 0 aliphatic rings. The van der Waals surface area contributed by atoms with E-state index in [1.807, 2.05) is 73.7 Å². The number of ketones is 1. The van der Waals surface area contributed by atoms with Gasteiger partial charge in [0.2, 0.25) is 0 Å². The lowest BCUT2D eigenvalue weighted by molar-refractivity contribution is -0.145. The van der Waals surface area contributed by atoms with Crippen LogP contribution in [0.2, 0.25) is 5.02 Å². The van der Waals surface area contributed by atoms with Crippen LogP contribution in [-0.2, 0) is 11.2 Å². The molecule has 3 aromatic carbocycles. The van der Waals surface area contributed by atoms with E-state index in [4.69, 9.17) is 16.3 Å². The Balaban J connectivity index is 1.47. The SMILES string of the molecule is C=C/C(=C\C=C/C)n1cc(C(=O)c2ccccc2OC(CCc2ccc(-c3ccc(Cl)cc3)cc2)C(=O)O)cn1. The second kappa shape index (κ2) is 13.4. The van der Waals surface area contributed by atoms with Crippen LogP contribution in [0.5, 0.6) is 5.75 Å². The molecule has 40 heavy (non-hydrogen) atoms. The predicted molar refractivity (Wildman–Crippen MR) is 159 cm³/mol. The van der Waals surface area contributed by atoms with Crippen LogP contribution in [0, 0.1) is 0 Å². The highest BCUT2D eigenvalue weighted by atomic mass is 35.5. The summed E-state index contributed by atoms with van der Waals surface area (Å²) in [5.41, 5.74) is 4.38. The number of aromatic nitrogens is 2. The van der Waals surface area contributed by atoms with Crippen LogP contribution < -0.4 is 4.74 Å². The highest BCUT2D eigenvalue weighted by Crippen LogP contribution is 2.26. The van der Waals surface area contributed by atoms with Crippen LogP contribution in [-0.4, -0.2) is 32.7 Å². The van der Waals surface area contributed by atoms with Crippen molar-refractivity contribution in [3.63, 3.8) is 0 Å². The number of carboxylic acid groups (broad SMARTS) is 1. The number of aliphatic carboxylic acids is 1. The van der Waals surface area contributed by atoms with Gasteiger partial charge in [0, 0.05) is 11.2 Å². The summed E-state index contributed by atoms with van der Waals surface area (Å²) in [6.07, 6.45) is 9.86. The second-order valence-corrected chi connectivity index (χ2v) is 9.44. The van der Waals surface area contributed by atoms with Crippen LogP contribution in [0.25, 0.3) is 16.8 Å². The fourth-order valence-electron chi connectivity index (χ4n) is 4.12. The van der Waals surface area contributed by atoms with E-state index in [0.717, 1.165) is 16.7 Å². The molecule has 1 unspecified atom stereocenters. The Labute approximate surface area is 238 Å². The van der Waals surface area contributed by atoms with Gasteiger partial charge in [-0.2, -0.15) is 5.10 Å². The van der Waals surface area contributed by atoms with Gasteiger partial charge in [-0.25, -0.2) is 9.48 Å². The van der Waals surface area contributed by atoms with E-state index < -0.39 is 12.1 Å². The molecule has 0 spiro atoms. The molecular weight excluding hydrogens is 524 g/mol. The zero-order valence-electron chi connectivity index (χ0n) is 22.0. The van der Waals surface area contributed by atoms with E-state index in [9.17, 15) is 14.7 Å². The first-order valence-corrected chi connectivity index (χ1v) is 13.2. The molecule has 0 fully saturated rings. The Bertz CT molecular complexity index is 1550. The largest absolute Gasteiger partial charge is 0.479 e. The zero-order valence-corrected chi connectivity index (χ0v) is 22.8. The van der Waals surface area contributed by atoms with Crippen molar-refractivity contribution in [2.75, 3.05) is 0 Å². The monoisotopic (exact) mass is 552 g/mol. The van der Waals surface area contributed by atoms with E-state index in [1.165, 1.54) is 6.20 Å².